The topological polar surface area (TPSA) is 48.0 Å². The van der Waals surface area contributed by atoms with Crippen LogP contribution in [0.1, 0.15) is 56.0 Å². The first kappa shape index (κ1) is 27.2. The van der Waals surface area contributed by atoms with Gasteiger partial charge in [-0.05, 0) is 73.2 Å². The zero-order valence-corrected chi connectivity index (χ0v) is 22.6. The Kier molecular flexibility index (Phi) is 10.9. The van der Waals surface area contributed by atoms with E-state index in [9.17, 15) is 5.11 Å². The molecule has 5 nitrogen and oxygen atoms in total. The molecule has 0 radical (unpaired) electrons. The number of nitrogens with one attached hydrogen (secondary N) is 1. The van der Waals surface area contributed by atoms with Crippen molar-refractivity contribution in [3.05, 3.63) is 58.1 Å². The summed E-state index contributed by atoms with van der Waals surface area (Å²) >= 11 is 7.96. The highest BCUT2D eigenvalue weighted by Crippen LogP contribution is 2.33. The Morgan fingerprint density at radius 2 is 1.91 bits per heavy atom. The number of aliphatic hydroxyl groups excluding tert-OH is 1. The predicted molar refractivity (Wildman–Crippen MR) is 146 cm³/mol. The van der Waals surface area contributed by atoms with E-state index >= 15 is 0 Å². The molecule has 1 atom stereocenters. The fourth-order valence-electron chi connectivity index (χ4n) is 4.78. The number of ether oxygens (including phenoxy) is 1. The lowest BCUT2D eigenvalue weighted by Gasteiger charge is -2.33. The summed E-state index contributed by atoms with van der Waals surface area (Å²) in [7, 11) is 1.69. The third-order valence-electron chi connectivity index (χ3n) is 6.68. The largest absolute Gasteiger partial charge is 0.496 e. The molecule has 0 aliphatic carbocycles. The highest BCUT2D eigenvalue weighted by Gasteiger charge is 2.22. The SMILES string of the molecule is CC.COc1cc(Cl)ccc1CN1CCCc2cc(C(O)NCC3CCN(SC)CC3)ccc21. The second-order valence-corrected chi connectivity index (χ2v) is 10.1. The van der Waals surface area contributed by atoms with Crippen molar-refractivity contribution in [2.75, 3.05) is 44.4 Å². The van der Waals surface area contributed by atoms with Gasteiger partial charge in [0.05, 0.1) is 7.11 Å². The molecular formula is C27H40ClN3O2S. The third kappa shape index (κ3) is 7.05. The lowest BCUT2D eigenvalue weighted by Crippen LogP contribution is -2.35. The minimum atomic E-state index is -0.620. The number of anilines is 1. The Balaban J connectivity index is 0.00000158. The van der Waals surface area contributed by atoms with Crippen molar-refractivity contribution in [2.45, 2.75) is 52.3 Å². The first-order chi connectivity index (χ1) is 16.6. The number of nitrogens with zero attached hydrogens (tertiary/aromatic N) is 2. The maximum Gasteiger partial charge on any atom is 0.131 e. The Morgan fingerprint density at radius 3 is 2.62 bits per heavy atom. The molecule has 34 heavy (non-hydrogen) atoms. The molecule has 2 aromatic carbocycles. The molecule has 7 heteroatoms. The van der Waals surface area contributed by atoms with E-state index in [2.05, 4.69) is 39.0 Å². The number of methoxy groups -OCH3 is 1. The summed E-state index contributed by atoms with van der Waals surface area (Å²) in [5.41, 5.74) is 4.63. The van der Waals surface area contributed by atoms with Crippen LogP contribution in [0.15, 0.2) is 36.4 Å². The van der Waals surface area contributed by atoms with Crippen LogP contribution in [0.3, 0.4) is 0 Å². The Labute approximate surface area is 214 Å². The Bertz CT molecular complexity index is 905. The molecular weight excluding hydrogens is 466 g/mol. The van der Waals surface area contributed by atoms with Crippen LogP contribution < -0.4 is 15.0 Å². The number of aryl methyl sites for hydroxylation is 1. The minimum Gasteiger partial charge on any atom is -0.496 e. The van der Waals surface area contributed by atoms with E-state index in [0.29, 0.717) is 10.9 Å². The Hall–Kier alpha value is -1.44. The van der Waals surface area contributed by atoms with Crippen molar-refractivity contribution < 1.29 is 9.84 Å². The molecule has 2 N–H and O–H groups in total. The van der Waals surface area contributed by atoms with Crippen LogP contribution in [0.25, 0.3) is 0 Å². The van der Waals surface area contributed by atoms with Gasteiger partial charge < -0.3 is 14.7 Å². The number of fused-ring (bicyclic) bond motifs is 1. The molecule has 2 aliphatic heterocycles. The van der Waals surface area contributed by atoms with Gasteiger partial charge in [0.1, 0.15) is 12.0 Å². The zero-order chi connectivity index (χ0) is 24.5. The van der Waals surface area contributed by atoms with Crippen molar-refractivity contribution in [3.63, 3.8) is 0 Å². The lowest BCUT2D eigenvalue weighted by molar-refractivity contribution is 0.126. The second kappa shape index (κ2) is 13.6. The predicted octanol–water partition coefficient (Wildman–Crippen LogP) is 5.90. The normalized spacial score (nSPS) is 17.5. The van der Waals surface area contributed by atoms with Gasteiger partial charge in [0.15, 0.2) is 0 Å². The maximum atomic E-state index is 10.8. The van der Waals surface area contributed by atoms with Crippen LogP contribution in [0.2, 0.25) is 5.02 Å². The molecule has 2 aliphatic rings. The van der Waals surface area contributed by atoms with Gasteiger partial charge in [0, 0.05) is 49.0 Å². The number of piperidine rings is 1. The average molecular weight is 506 g/mol. The van der Waals surface area contributed by atoms with Crippen molar-refractivity contribution in [2.24, 2.45) is 5.92 Å². The van der Waals surface area contributed by atoms with E-state index in [-0.39, 0.29) is 0 Å². The van der Waals surface area contributed by atoms with Gasteiger partial charge in [-0.1, -0.05) is 49.5 Å². The van der Waals surface area contributed by atoms with Gasteiger partial charge in [0.2, 0.25) is 0 Å². The molecule has 1 saturated heterocycles. The molecule has 0 spiro atoms. The molecule has 2 aromatic rings. The van der Waals surface area contributed by atoms with Crippen LogP contribution in [0, 0.1) is 5.92 Å². The maximum absolute atomic E-state index is 10.8. The van der Waals surface area contributed by atoms with E-state index in [0.717, 1.165) is 62.4 Å². The highest BCUT2D eigenvalue weighted by atomic mass is 35.5. The van der Waals surface area contributed by atoms with Crippen LogP contribution in [0.5, 0.6) is 5.75 Å². The summed E-state index contributed by atoms with van der Waals surface area (Å²) in [6.45, 7) is 8.92. The van der Waals surface area contributed by atoms with E-state index in [4.69, 9.17) is 16.3 Å². The van der Waals surface area contributed by atoms with Crippen LogP contribution in [0.4, 0.5) is 5.69 Å². The van der Waals surface area contributed by atoms with Crippen molar-refractivity contribution in [1.82, 2.24) is 9.62 Å². The summed E-state index contributed by atoms with van der Waals surface area (Å²) in [4.78, 5) is 2.40. The lowest BCUT2D eigenvalue weighted by atomic mass is 9.96. The Morgan fingerprint density at radius 1 is 1.15 bits per heavy atom. The first-order valence-corrected chi connectivity index (χ1v) is 14.0. The zero-order valence-electron chi connectivity index (χ0n) is 21.0. The smallest absolute Gasteiger partial charge is 0.131 e. The number of rotatable bonds is 8. The number of halogens is 1. The number of hydrogen-bond acceptors (Lipinski definition) is 6. The summed E-state index contributed by atoms with van der Waals surface area (Å²) in [6, 6.07) is 12.2. The van der Waals surface area contributed by atoms with Crippen LogP contribution in [-0.4, -0.2) is 49.0 Å². The molecule has 2 heterocycles. The number of benzene rings is 2. The standard InChI is InChI=1S/C25H34ClN3O2S.C2H6/c1-31-24-15-22(26)7-5-21(24)17-28-11-3-4-19-14-20(6-8-23(19)28)25(30)27-16-18-9-12-29(32-2)13-10-18;1-2/h5-8,14-15,18,25,27,30H,3-4,9-13,16-17H2,1-2H3;1-2H3. The summed E-state index contributed by atoms with van der Waals surface area (Å²) in [5.74, 6) is 1.46. The van der Waals surface area contributed by atoms with Gasteiger partial charge in [0.25, 0.3) is 0 Å². The second-order valence-electron chi connectivity index (χ2n) is 8.74. The third-order valence-corrected chi connectivity index (χ3v) is 7.79. The van der Waals surface area contributed by atoms with Gasteiger partial charge in [-0.2, -0.15) is 0 Å². The number of aliphatic hydroxyl groups is 1. The van der Waals surface area contributed by atoms with E-state index in [1.807, 2.05) is 44.0 Å². The van der Waals surface area contributed by atoms with Gasteiger partial charge in [-0.3, -0.25) is 9.62 Å². The van der Waals surface area contributed by atoms with Gasteiger partial charge in [-0.25, -0.2) is 0 Å². The molecule has 0 amide bonds. The highest BCUT2D eigenvalue weighted by molar-refractivity contribution is 7.96. The van der Waals surface area contributed by atoms with Crippen molar-refractivity contribution in [1.29, 1.82) is 0 Å². The number of hydrogen-bond donors (Lipinski definition) is 2. The van der Waals surface area contributed by atoms with Crippen LogP contribution in [-0.2, 0) is 13.0 Å². The molecule has 188 valence electrons. The van der Waals surface area contributed by atoms with Gasteiger partial charge >= 0.3 is 0 Å². The van der Waals surface area contributed by atoms with E-state index in [1.54, 1.807) is 7.11 Å². The molecule has 0 bridgehead atoms. The van der Waals surface area contributed by atoms with Crippen molar-refractivity contribution >= 4 is 29.2 Å². The monoisotopic (exact) mass is 505 g/mol. The molecule has 0 aromatic heterocycles. The fourth-order valence-corrected chi connectivity index (χ4v) is 5.51. The average Bonchev–Trinajstić information content (AvgIpc) is 2.89. The molecule has 1 unspecified atom stereocenters. The first-order valence-electron chi connectivity index (χ1n) is 12.5. The van der Waals surface area contributed by atoms with E-state index < -0.39 is 6.23 Å². The summed E-state index contributed by atoms with van der Waals surface area (Å²) in [5, 5.41) is 14.8. The quantitative estimate of drug-likeness (QED) is 0.344. The minimum absolute atomic E-state index is 0.620. The molecule has 0 saturated carbocycles. The van der Waals surface area contributed by atoms with Crippen molar-refractivity contribution in [3.8, 4) is 5.75 Å². The van der Waals surface area contributed by atoms with E-state index in [1.165, 1.54) is 24.1 Å². The summed E-state index contributed by atoms with van der Waals surface area (Å²) < 4.78 is 7.96. The summed E-state index contributed by atoms with van der Waals surface area (Å²) in [6.07, 6.45) is 6.04. The van der Waals surface area contributed by atoms with Crippen LogP contribution >= 0.6 is 23.5 Å². The fraction of sp³-hybridized carbons (Fsp3) is 0.556. The molecule has 1 fully saturated rings. The van der Waals surface area contributed by atoms with Gasteiger partial charge in [-0.15, -0.1) is 0 Å². The molecule has 4 rings (SSSR count).